The van der Waals surface area contributed by atoms with Crippen LogP contribution in [0.3, 0.4) is 0 Å². The number of aromatic nitrogens is 2. The van der Waals surface area contributed by atoms with E-state index in [1.807, 2.05) is 54.6 Å². The predicted molar refractivity (Wildman–Crippen MR) is 90.4 cm³/mol. The minimum absolute atomic E-state index is 0.243. The van der Waals surface area contributed by atoms with Crippen LogP contribution in [0, 0.1) is 0 Å². The average molecular weight is 319 g/mol. The highest BCUT2D eigenvalue weighted by molar-refractivity contribution is 5.91. The summed E-state index contributed by atoms with van der Waals surface area (Å²) >= 11 is 0. The topological polar surface area (TPSA) is 64.1 Å². The molecule has 120 valence electrons. The molecule has 3 aromatic rings. The van der Waals surface area contributed by atoms with Gasteiger partial charge in [0.25, 0.3) is 5.91 Å². The van der Waals surface area contributed by atoms with E-state index in [2.05, 4.69) is 15.3 Å². The molecule has 24 heavy (non-hydrogen) atoms. The minimum Gasteiger partial charge on any atom is -0.489 e. The van der Waals surface area contributed by atoms with Crippen LogP contribution in [0.2, 0.25) is 0 Å². The summed E-state index contributed by atoms with van der Waals surface area (Å²) in [5.74, 6) is 0.551. The van der Waals surface area contributed by atoms with Crippen LogP contribution in [0.15, 0.2) is 73.2 Å². The van der Waals surface area contributed by atoms with Crippen LogP contribution in [0.25, 0.3) is 0 Å². The quantitative estimate of drug-likeness (QED) is 0.758. The lowest BCUT2D eigenvalue weighted by Crippen LogP contribution is -2.23. The van der Waals surface area contributed by atoms with Gasteiger partial charge in [0.15, 0.2) is 0 Å². The van der Waals surface area contributed by atoms with E-state index in [0.717, 1.165) is 16.9 Å². The molecular formula is C19H17N3O2. The van der Waals surface area contributed by atoms with Gasteiger partial charge in [-0.1, -0.05) is 42.5 Å². The molecule has 0 radical (unpaired) electrons. The first kappa shape index (κ1) is 15.7. The van der Waals surface area contributed by atoms with E-state index in [-0.39, 0.29) is 5.91 Å². The maximum atomic E-state index is 11.9. The van der Waals surface area contributed by atoms with E-state index < -0.39 is 0 Å². The van der Waals surface area contributed by atoms with Crippen LogP contribution in [-0.2, 0) is 13.2 Å². The van der Waals surface area contributed by atoms with Crippen molar-refractivity contribution in [2.75, 3.05) is 0 Å². The van der Waals surface area contributed by atoms with Crippen molar-refractivity contribution in [1.82, 2.24) is 15.3 Å². The number of benzene rings is 2. The van der Waals surface area contributed by atoms with Crippen molar-refractivity contribution in [2.45, 2.75) is 13.2 Å². The molecule has 0 bridgehead atoms. The zero-order valence-electron chi connectivity index (χ0n) is 13.1. The van der Waals surface area contributed by atoms with E-state index in [9.17, 15) is 4.79 Å². The number of carbonyl (C=O) groups excluding carboxylic acids is 1. The summed E-state index contributed by atoms with van der Waals surface area (Å²) in [6.07, 6.45) is 4.47. The zero-order chi connectivity index (χ0) is 16.6. The Bertz CT molecular complexity index is 775. The highest BCUT2D eigenvalue weighted by Gasteiger charge is 2.06. The lowest BCUT2D eigenvalue weighted by Gasteiger charge is -2.08. The molecular weight excluding hydrogens is 302 g/mol. The Hall–Kier alpha value is -3.21. The van der Waals surface area contributed by atoms with Gasteiger partial charge in [0.05, 0.1) is 6.20 Å². The SMILES string of the molecule is O=C(NCc1ccc(OCc2ccccc2)cc1)c1cnccn1. The third-order valence-corrected chi connectivity index (χ3v) is 3.42. The third kappa shape index (κ3) is 4.39. The predicted octanol–water partition coefficient (Wildman–Crippen LogP) is 2.99. The lowest BCUT2D eigenvalue weighted by molar-refractivity contribution is 0.0945. The fourth-order valence-corrected chi connectivity index (χ4v) is 2.13. The molecule has 2 aromatic carbocycles. The minimum atomic E-state index is -0.243. The first-order valence-electron chi connectivity index (χ1n) is 7.61. The van der Waals surface area contributed by atoms with Crippen molar-refractivity contribution >= 4 is 5.91 Å². The number of nitrogens with zero attached hydrogens (tertiary/aromatic N) is 2. The van der Waals surface area contributed by atoms with E-state index in [4.69, 9.17) is 4.74 Å². The molecule has 0 aliphatic rings. The summed E-state index contributed by atoms with van der Waals surface area (Å²) < 4.78 is 5.74. The number of rotatable bonds is 6. The largest absolute Gasteiger partial charge is 0.489 e. The van der Waals surface area contributed by atoms with Gasteiger partial charge in [-0.15, -0.1) is 0 Å². The second-order valence-corrected chi connectivity index (χ2v) is 5.19. The Morgan fingerprint density at radius 1 is 0.958 bits per heavy atom. The first-order valence-corrected chi connectivity index (χ1v) is 7.61. The van der Waals surface area contributed by atoms with Gasteiger partial charge in [-0.3, -0.25) is 9.78 Å². The Morgan fingerprint density at radius 3 is 2.46 bits per heavy atom. The maximum absolute atomic E-state index is 11.9. The monoisotopic (exact) mass is 319 g/mol. The smallest absolute Gasteiger partial charge is 0.271 e. The number of hydrogen-bond acceptors (Lipinski definition) is 4. The molecule has 0 aliphatic carbocycles. The highest BCUT2D eigenvalue weighted by Crippen LogP contribution is 2.14. The van der Waals surface area contributed by atoms with Crippen LogP contribution in [-0.4, -0.2) is 15.9 Å². The lowest BCUT2D eigenvalue weighted by atomic mass is 10.2. The fourth-order valence-electron chi connectivity index (χ4n) is 2.13. The molecule has 0 aliphatic heterocycles. The van der Waals surface area contributed by atoms with Gasteiger partial charge in [-0.25, -0.2) is 4.98 Å². The van der Waals surface area contributed by atoms with Crippen molar-refractivity contribution in [3.63, 3.8) is 0 Å². The van der Waals surface area contributed by atoms with Crippen molar-refractivity contribution in [1.29, 1.82) is 0 Å². The second kappa shape index (κ2) is 7.87. The van der Waals surface area contributed by atoms with Crippen LogP contribution in [0.4, 0.5) is 0 Å². The first-order chi connectivity index (χ1) is 11.8. The fraction of sp³-hybridized carbons (Fsp3) is 0.105. The molecule has 5 heteroatoms. The van der Waals surface area contributed by atoms with E-state index in [1.165, 1.54) is 18.6 Å². The van der Waals surface area contributed by atoms with Crippen molar-refractivity contribution in [3.8, 4) is 5.75 Å². The van der Waals surface area contributed by atoms with Gasteiger partial charge in [-0.2, -0.15) is 0 Å². The summed E-state index contributed by atoms with van der Waals surface area (Å²) in [4.78, 5) is 19.7. The molecule has 0 saturated heterocycles. The Morgan fingerprint density at radius 2 is 1.75 bits per heavy atom. The van der Waals surface area contributed by atoms with E-state index in [1.54, 1.807) is 0 Å². The third-order valence-electron chi connectivity index (χ3n) is 3.42. The molecule has 1 N–H and O–H groups in total. The van der Waals surface area contributed by atoms with Gasteiger partial charge in [0, 0.05) is 18.9 Å². The average Bonchev–Trinajstić information content (AvgIpc) is 2.67. The number of nitrogens with one attached hydrogen (secondary N) is 1. The molecule has 1 aromatic heterocycles. The number of hydrogen-bond donors (Lipinski definition) is 1. The van der Waals surface area contributed by atoms with E-state index >= 15 is 0 Å². The Labute approximate surface area is 140 Å². The molecule has 0 unspecified atom stereocenters. The van der Waals surface area contributed by atoms with Gasteiger partial charge in [0.1, 0.15) is 18.1 Å². The molecule has 0 fully saturated rings. The molecule has 0 spiro atoms. The van der Waals surface area contributed by atoms with Crippen molar-refractivity contribution < 1.29 is 9.53 Å². The van der Waals surface area contributed by atoms with Gasteiger partial charge in [-0.05, 0) is 23.3 Å². The van der Waals surface area contributed by atoms with Gasteiger partial charge < -0.3 is 10.1 Å². The summed E-state index contributed by atoms with van der Waals surface area (Å²) in [7, 11) is 0. The van der Waals surface area contributed by atoms with Gasteiger partial charge in [0.2, 0.25) is 0 Å². The summed E-state index contributed by atoms with van der Waals surface area (Å²) in [6, 6.07) is 17.7. The van der Waals surface area contributed by atoms with Crippen LogP contribution in [0.5, 0.6) is 5.75 Å². The number of ether oxygens (including phenoxy) is 1. The zero-order valence-corrected chi connectivity index (χ0v) is 13.1. The summed E-state index contributed by atoms with van der Waals surface area (Å²) in [5, 5.41) is 2.81. The molecule has 0 saturated carbocycles. The standard InChI is InChI=1S/C19H17N3O2/c23-19(18-13-20-10-11-21-18)22-12-15-6-8-17(9-7-15)24-14-16-4-2-1-3-5-16/h1-11,13H,12,14H2,(H,22,23). The van der Waals surface area contributed by atoms with Crippen LogP contribution in [0.1, 0.15) is 21.6 Å². The molecule has 5 nitrogen and oxygen atoms in total. The Balaban J connectivity index is 1.50. The van der Waals surface area contributed by atoms with Crippen molar-refractivity contribution in [3.05, 3.63) is 90.0 Å². The Kier molecular flexibility index (Phi) is 5.14. The maximum Gasteiger partial charge on any atom is 0.271 e. The van der Waals surface area contributed by atoms with Gasteiger partial charge >= 0.3 is 0 Å². The summed E-state index contributed by atoms with van der Waals surface area (Å²) in [5.41, 5.74) is 2.41. The molecule has 1 heterocycles. The highest BCUT2D eigenvalue weighted by atomic mass is 16.5. The molecule has 3 rings (SSSR count). The van der Waals surface area contributed by atoms with Crippen LogP contribution >= 0.6 is 0 Å². The van der Waals surface area contributed by atoms with Crippen LogP contribution < -0.4 is 10.1 Å². The molecule has 1 amide bonds. The molecule has 0 atom stereocenters. The normalized spacial score (nSPS) is 10.2. The number of amides is 1. The second-order valence-electron chi connectivity index (χ2n) is 5.19. The van der Waals surface area contributed by atoms with Crippen molar-refractivity contribution in [2.24, 2.45) is 0 Å². The number of carbonyl (C=O) groups is 1. The van der Waals surface area contributed by atoms with E-state index in [0.29, 0.717) is 18.8 Å². The summed E-state index contributed by atoms with van der Waals surface area (Å²) in [6.45, 7) is 0.956.